The van der Waals surface area contributed by atoms with E-state index < -0.39 is 0 Å². The number of nitrogens with zero attached hydrogens (tertiary/aromatic N) is 1. The number of hydrogen-bond acceptors (Lipinski definition) is 1. The molecule has 1 aliphatic carbocycles. The molecule has 0 aliphatic heterocycles. The van der Waals surface area contributed by atoms with E-state index >= 15 is 0 Å². The number of Topliss-reactive ketones (excluding diaryl/α,β-unsaturated/α-hetero) is 1. The third kappa shape index (κ3) is 3.05. The minimum atomic E-state index is -0.0120. The van der Waals surface area contributed by atoms with Crippen molar-refractivity contribution in [3.05, 3.63) is 75.9 Å². The van der Waals surface area contributed by atoms with Gasteiger partial charge in [0.25, 0.3) is 0 Å². The fourth-order valence-corrected chi connectivity index (χ4v) is 4.10. The van der Waals surface area contributed by atoms with Crippen molar-refractivity contribution >= 4 is 21.7 Å². The van der Waals surface area contributed by atoms with Gasteiger partial charge >= 0.3 is 0 Å². The van der Waals surface area contributed by atoms with Gasteiger partial charge in [-0.15, -0.1) is 0 Å². The van der Waals surface area contributed by atoms with Crippen molar-refractivity contribution in [2.75, 3.05) is 0 Å². The molecule has 0 spiro atoms. The van der Waals surface area contributed by atoms with Crippen LogP contribution in [0.25, 0.3) is 16.9 Å². The number of carbonyl (C=O) groups is 1. The summed E-state index contributed by atoms with van der Waals surface area (Å²) in [6.45, 7) is 6.45. The second-order valence-corrected chi connectivity index (χ2v) is 8.92. The van der Waals surface area contributed by atoms with Crippen molar-refractivity contribution in [3.63, 3.8) is 0 Å². The highest BCUT2D eigenvalue weighted by Gasteiger charge is 2.34. The van der Waals surface area contributed by atoms with Crippen LogP contribution in [0.15, 0.2) is 59.1 Å². The molecule has 0 fully saturated rings. The maximum absolute atomic E-state index is 12.8. The van der Waals surface area contributed by atoms with Crippen molar-refractivity contribution in [3.8, 4) is 16.9 Å². The smallest absolute Gasteiger partial charge is 0.165 e. The normalized spacial score (nSPS) is 15.8. The topological polar surface area (TPSA) is 22.0 Å². The summed E-state index contributed by atoms with van der Waals surface area (Å²) in [7, 11) is 0. The largest absolute Gasteiger partial charge is 0.313 e. The first-order valence-corrected chi connectivity index (χ1v) is 9.74. The molecular formula is C23H22BrNO. The summed E-state index contributed by atoms with van der Waals surface area (Å²) in [5.74, 6) is 0.250. The number of halogens is 1. The molecule has 0 saturated heterocycles. The molecule has 0 atom stereocenters. The number of ketones is 1. The third-order valence-corrected chi connectivity index (χ3v) is 5.65. The molecular weight excluding hydrogens is 386 g/mol. The first kappa shape index (κ1) is 17.3. The third-order valence-electron chi connectivity index (χ3n) is 5.12. The van der Waals surface area contributed by atoms with Crippen molar-refractivity contribution in [2.24, 2.45) is 5.41 Å². The summed E-state index contributed by atoms with van der Waals surface area (Å²) in [6, 6.07) is 18.9. The number of hydrogen-bond donors (Lipinski definition) is 0. The summed E-state index contributed by atoms with van der Waals surface area (Å²) in [5.41, 5.74) is 6.54. The van der Waals surface area contributed by atoms with Gasteiger partial charge in [0.15, 0.2) is 5.78 Å². The van der Waals surface area contributed by atoms with Crippen LogP contribution in [0, 0.1) is 12.3 Å². The second-order valence-electron chi connectivity index (χ2n) is 8.01. The number of carbonyl (C=O) groups excluding carboxylic acids is 1. The zero-order valence-corrected chi connectivity index (χ0v) is 16.9. The molecule has 1 heterocycles. The Morgan fingerprint density at radius 1 is 0.962 bits per heavy atom. The number of aryl methyl sites for hydroxylation is 1. The molecule has 2 nitrogen and oxygen atoms in total. The van der Waals surface area contributed by atoms with Gasteiger partial charge in [0, 0.05) is 27.8 Å². The molecule has 0 amide bonds. The van der Waals surface area contributed by atoms with Gasteiger partial charge in [0.2, 0.25) is 0 Å². The van der Waals surface area contributed by atoms with Crippen LogP contribution in [0.1, 0.15) is 41.9 Å². The van der Waals surface area contributed by atoms with E-state index in [2.05, 4.69) is 83.7 Å². The standard InChI is InChI=1S/C23H22BrNO/c1-15-4-10-18(11-5-15)25-20(16-6-8-17(24)9-7-16)12-19-21(25)13-23(2,3)14-22(19)26/h4-12H,13-14H2,1-3H3. The highest BCUT2D eigenvalue weighted by molar-refractivity contribution is 9.10. The number of aromatic nitrogens is 1. The zero-order chi connectivity index (χ0) is 18.5. The van der Waals surface area contributed by atoms with Crippen LogP contribution in [-0.2, 0) is 6.42 Å². The first-order valence-electron chi connectivity index (χ1n) is 8.95. The summed E-state index contributed by atoms with van der Waals surface area (Å²) in [6.07, 6.45) is 1.51. The Kier molecular flexibility index (Phi) is 4.15. The van der Waals surface area contributed by atoms with Crippen LogP contribution in [0.3, 0.4) is 0 Å². The first-order chi connectivity index (χ1) is 12.3. The maximum Gasteiger partial charge on any atom is 0.165 e. The lowest BCUT2D eigenvalue weighted by Gasteiger charge is -2.30. The Morgan fingerprint density at radius 2 is 1.62 bits per heavy atom. The van der Waals surface area contributed by atoms with Gasteiger partial charge in [-0.05, 0) is 54.7 Å². The van der Waals surface area contributed by atoms with E-state index in [-0.39, 0.29) is 11.2 Å². The van der Waals surface area contributed by atoms with Gasteiger partial charge in [-0.2, -0.15) is 0 Å². The highest BCUT2D eigenvalue weighted by atomic mass is 79.9. The monoisotopic (exact) mass is 407 g/mol. The fourth-order valence-electron chi connectivity index (χ4n) is 3.83. The van der Waals surface area contributed by atoms with E-state index in [4.69, 9.17) is 0 Å². The minimum absolute atomic E-state index is 0.0120. The van der Waals surface area contributed by atoms with Gasteiger partial charge in [-0.3, -0.25) is 4.79 Å². The molecule has 2 aromatic carbocycles. The fraction of sp³-hybridized carbons (Fsp3) is 0.261. The van der Waals surface area contributed by atoms with Crippen LogP contribution in [-0.4, -0.2) is 10.4 Å². The highest BCUT2D eigenvalue weighted by Crippen LogP contribution is 2.40. The molecule has 0 saturated carbocycles. The zero-order valence-electron chi connectivity index (χ0n) is 15.3. The number of benzene rings is 2. The lowest BCUT2D eigenvalue weighted by molar-refractivity contribution is 0.0911. The Bertz CT molecular complexity index is 978. The molecule has 3 heteroatoms. The van der Waals surface area contributed by atoms with Gasteiger partial charge in [-0.25, -0.2) is 0 Å². The summed E-state index contributed by atoms with van der Waals surface area (Å²) < 4.78 is 3.33. The molecule has 26 heavy (non-hydrogen) atoms. The average Bonchev–Trinajstić information content (AvgIpc) is 2.94. The predicted octanol–water partition coefficient (Wildman–Crippen LogP) is 6.37. The van der Waals surface area contributed by atoms with E-state index in [1.807, 2.05) is 12.1 Å². The van der Waals surface area contributed by atoms with Crippen molar-refractivity contribution in [2.45, 2.75) is 33.6 Å². The van der Waals surface area contributed by atoms with Crippen LogP contribution in [0.4, 0.5) is 0 Å². The Balaban J connectivity index is 1.98. The van der Waals surface area contributed by atoms with E-state index in [1.54, 1.807) is 0 Å². The van der Waals surface area contributed by atoms with Crippen LogP contribution < -0.4 is 0 Å². The van der Waals surface area contributed by atoms with Crippen molar-refractivity contribution in [1.82, 2.24) is 4.57 Å². The summed E-state index contributed by atoms with van der Waals surface area (Å²) in [5, 5.41) is 0. The van der Waals surface area contributed by atoms with Gasteiger partial charge in [0.05, 0.1) is 5.69 Å². The Morgan fingerprint density at radius 3 is 2.27 bits per heavy atom. The Labute approximate surface area is 163 Å². The molecule has 4 rings (SSSR count). The average molecular weight is 408 g/mol. The molecule has 0 N–H and O–H groups in total. The molecule has 3 aromatic rings. The quantitative estimate of drug-likeness (QED) is 0.483. The summed E-state index contributed by atoms with van der Waals surface area (Å²) >= 11 is 3.51. The van der Waals surface area contributed by atoms with E-state index in [1.165, 1.54) is 5.56 Å². The summed E-state index contributed by atoms with van der Waals surface area (Å²) in [4.78, 5) is 12.8. The van der Waals surface area contributed by atoms with Crippen LogP contribution >= 0.6 is 15.9 Å². The molecule has 1 aliphatic rings. The molecule has 1 aromatic heterocycles. The van der Waals surface area contributed by atoms with E-state index in [9.17, 15) is 4.79 Å². The number of rotatable bonds is 2. The molecule has 0 radical (unpaired) electrons. The van der Waals surface area contributed by atoms with Gasteiger partial charge in [0.1, 0.15) is 0 Å². The maximum atomic E-state index is 12.8. The van der Waals surface area contributed by atoms with Gasteiger partial charge < -0.3 is 4.57 Å². The lowest BCUT2D eigenvalue weighted by atomic mass is 9.76. The van der Waals surface area contributed by atoms with Crippen molar-refractivity contribution in [1.29, 1.82) is 0 Å². The minimum Gasteiger partial charge on any atom is -0.313 e. The molecule has 0 unspecified atom stereocenters. The molecule has 0 bridgehead atoms. The lowest BCUT2D eigenvalue weighted by Crippen LogP contribution is -2.27. The Hall–Kier alpha value is -2.13. The van der Waals surface area contributed by atoms with E-state index in [0.29, 0.717) is 6.42 Å². The SMILES string of the molecule is Cc1ccc(-n2c(-c3ccc(Br)cc3)cc3c2CC(C)(C)CC3=O)cc1. The number of fused-ring (bicyclic) bond motifs is 1. The van der Waals surface area contributed by atoms with Crippen LogP contribution in [0.5, 0.6) is 0 Å². The molecule has 132 valence electrons. The van der Waals surface area contributed by atoms with Crippen LogP contribution in [0.2, 0.25) is 0 Å². The van der Waals surface area contributed by atoms with Crippen molar-refractivity contribution < 1.29 is 4.79 Å². The van der Waals surface area contributed by atoms with E-state index in [0.717, 1.165) is 39.1 Å². The second kappa shape index (κ2) is 6.24. The van der Waals surface area contributed by atoms with Gasteiger partial charge in [-0.1, -0.05) is 59.6 Å². The predicted molar refractivity (Wildman–Crippen MR) is 110 cm³/mol.